The van der Waals surface area contributed by atoms with Crippen molar-refractivity contribution in [1.29, 1.82) is 0 Å². The van der Waals surface area contributed by atoms with Gasteiger partial charge in [0.15, 0.2) is 0 Å². The number of hydrogen-bond acceptors (Lipinski definition) is 4. The molecule has 1 aromatic heterocycles. The van der Waals surface area contributed by atoms with Gasteiger partial charge in [0.2, 0.25) is 0 Å². The number of aromatic carboxylic acids is 1. The third-order valence-corrected chi connectivity index (χ3v) is 3.04. The first-order valence-electron chi connectivity index (χ1n) is 4.48. The lowest BCUT2D eigenvalue weighted by atomic mass is 10.2. The summed E-state index contributed by atoms with van der Waals surface area (Å²) in [6.07, 6.45) is 0. The molecule has 5 heteroatoms. The van der Waals surface area contributed by atoms with Crippen molar-refractivity contribution in [2.45, 2.75) is 6.54 Å². The van der Waals surface area contributed by atoms with Crippen molar-refractivity contribution in [3.05, 3.63) is 28.8 Å². The largest absolute Gasteiger partial charge is 0.478 e. The Morgan fingerprint density at radius 1 is 1.60 bits per heavy atom. The van der Waals surface area contributed by atoms with Gasteiger partial charge in [0.05, 0.1) is 15.8 Å². The zero-order valence-electron chi connectivity index (χ0n) is 8.15. The first-order chi connectivity index (χ1) is 7.20. The fourth-order valence-corrected chi connectivity index (χ4v) is 2.29. The van der Waals surface area contributed by atoms with Gasteiger partial charge < -0.3 is 10.4 Å². The average molecular weight is 222 g/mol. The number of fused-ring (bicyclic) bond motifs is 1. The normalized spacial score (nSPS) is 10.7. The molecule has 0 saturated carbocycles. The second kappa shape index (κ2) is 3.96. The third-order valence-electron chi connectivity index (χ3n) is 2.01. The molecule has 4 nitrogen and oxygen atoms in total. The molecule has 0 atom stereocenters. The second-order valence-electron chi connectivity index (χ2n) is 3.13. The van der Waals surface area contributed by atoms with Gasteiger partial charge in [-0.05, 0) is 25.2 Å². The molecule has 0 spiro atoms. The number of nitrogens with one attached hydrogen (secondary N) is 1. The van der Waals surface area contributed by atoms with E-state index in [2.05, 4.69) is 10.3 Å². The SMILES string of the molecule is CNCc1nc2cc(C(=O)O)ccc2s1. The number of nitrogens with zero attached hydrogens (tertiary/aromatic N) is 1. The van der Waals surface area contributed by atoms with Crippen LogP contribution in [-0.4, -0.2) is 23.1 Å². The van der Waals surface area contributed by atoms with Crippen molar-refractivity contribution < 1.29 is 9.90 Å². The zero-order chi connectivity index (χ0) is 10.8. The predicted octanol–water partition coefficient (Wildman–Crippen LogP) is 1.71. The summed E-state index contributed by atoms with van der Waals surface area (Å²) in [5, 5.41) is 12.8. The maximum absolute atomic E-state index is 10.7. The Morgan fingerprint density at radius 2 is 2.40 bits per heavy atom. The summed E-state index contributed by atoms with van der Waals surface area (Å²) < 4.78 is 1.02. The van der Waals surface area contributed by atoms with Crippen molar-refractivity contribution in [3.63, 3.8) is 0 Å². The van der Waals surface area contributed by atoms with E-state index in [1.54, 1.807) is 29.5 Å². The van der Waals surface area contributed by atoms with Crippen LogP contribution >= 0.6 is 11.3 Å². The van der Waals surface area contributed by atoms with Crippen molar-refractivity contribution in [3.8, 4) is 0 Å². The first kappa shape index (κ1) is 10.1. The summed E-state index contributed by atoms with van der Waals surface area (Å²) in [6.45, 7) is 0.710. The monoisotopic (exact) mass is 222 g/mol. The molecular formula is C10H10N2O2S. The highest BCUT2D eigenvalue weighted by atomic mass is 32.1. The fraction of sp³-hybridized carbons (Fsp3) is 0.200. The van der Waals surface area contributed by atoms with Gasteiger partial charge in [0.25, 0.3) is 0 Å². The third kappa shape index (κ3) is 1.98. The van der Waals surface area contributed by atoms with Crippen LogP contribution in [0.2, 0.25) is 0 Å². The van der Waals surface area contributed by atoms with Crippen LogP contribution < -0.4 is 5.32 Å². The van der Waals surface area contributed by atoms with Crippen LogP contribution in [0.25, 0.3) is 10.2 Å². The molecule has 0 saturated heterocycles. The number of carbonyl (C=O) groups is 1. The van der Waals surface area contributed by atoms with E-state index in [4.69, 9.17) is 5.11 Å². The minimum Gasteiger partial charge on any atom is -0.478 e. The lowest BCUT2D eigenvalue weighted by Crippen LogP contribution is -2.03. The van der Waals surface area contributed by atoms with Gasteiger partial charge in [0.1, 0.15) is 5.01 Å². The molecule has 78 valence electrons. The van der Waals surface area contributed by atoms with Gasteiger partial charge >= 0.3 is 5.97 Å². The summed E-state index contributed by atoms with van der Waals surface area (Å²) in [5.41, 5.74) is 1.04. The number of hydrogen-bond donors (Lipinski definition) is 2. The van der Waals surface area contributed by atoms with Crippen LogP contribution in [0, 0.1) is 0 Å². The quantitative estimate of drug-likeness (QED) is 0.830. The van der Waals surface area contributed by atoms with Gasteiger partial charge in [-0.1, -0.05) is 0 Å². The molecule has 2 rings (SSSR count). The summed E-state index contributed by atoms with van der Waals surface area (Å²) in [7, 11) is 1.86. The Morgan fingerprint density at radius 3 is 3.07 bits per heavy atom. The van der Waals surface area contributed by atoms with Crippen LogP contribution in [0.4, 0.5) is 0 Å². The number of thiazole rings is 1. The van der Waals surface area contributed by atoms with Crippen LogP contribution in [0.5, 0.6) is 0 Å². The van der Waals surface area contributed by atoms with E-state index in [0.717, 1.165) is 15.2 Å². The zero-order valence-corrected chi connectivity index (χ0v) is 8.97. The van der Waals surface area contributed by atoms with Gasteiger partial charge in [-0.3, -0.25) is 0 Å². The molecule has 0 bridgehead atoms. The molecule has 0 aliphatic heterocycles. The maximum Gasteiger partial charge on any atom is 0.335 e. The van der Waals surface area contributed by atoms with Crippen LogP contribution in [0.3, 0.4) is 0 Å². The van der Waals surface area contributed by atoms with Crippen molar-refractivity contribution in [2.24, 2.45) is 0 Å². The topological polar surface area (TPSA) is 62.2 Å². The highest BCUT2D eigenvalue weighted by molar-refractivity contribution is 7.18. The highest BCUT2D eigenvalue weighted by Gasteiger charge is 2.07. The van der Waals surface area contributed by atoms with Gasteiger partial charge in [-0.15, -0.1) is 11.3 Å². The van der Waals surface area contributed by atoms with E-state index < -0.39 is 5.97 Å². The minimum absolute atomic E-state index is 0.281. The smallest absolute Gasteiger partial charge is 0.335 e. The van der Waals surface area contributed by atoms with Gasteiger partial charge in [-0.2, -0.15) is 0 Å². The van der Waals surface area contributed by atoms with Crippen molar-refractivity contribution in [1.82, 2.24) is 10.3 Å². The molecule has 2 N–H and O–H groups in total. The summed E-state index contributed by atoms with van der Waals surface area (Å²) in [6, 6.07) is 5.01. The van der Waals surface area contributed by atoms with E-state index in [-0.39, 0.29) is 5.56 Å². The first-order valence-corrected chi connectivity index (χ1v) is 5.29. The highest BCUT2D eigenvalue weighted by Crippen LogP contribution is 2.22. The summed E-state index contributed by atoms with van der Waals surface area (Å²) >= 11 is 1.58. The molecule has 0 fully saturated rings. The van der Waals surface area contributed by atoms with Crippen molar-refractivity contribution >= 4 is 27.5 Å². The average Bonchev–Trinajstić information content (AvgIpc) is 2.59. The number of benzene rings is 1. The number of carboxylic acids is 1. The molecular weight excluding hydrogens is 212 g/mol. The molecule has 0 aliphatic carbocycles. The second-order valence-corrected chi connectivity index (χ2v) is 4.24. The summed E-state index contributed by atoms with van der Waals surface area (Å²) in [5.74, 6) is -0.917. The minimum atomic E-state index is -0.917. The number of aromatic nitrogens is 1. The van der Waals surface area contributed by atoms with Crippen LogP contribution in [-0.2, 0) is 6.54 Å². The Hall–Kier alpha value is -1.46. The molecule has 1 heterocycles. The predicted molar refractivity (Wildman–Crippen MR) is 59.3 cm³/mol. The Bertz CT molecular complexity index is 507. The van der Waals surface area contributed by atoms with Gasteiger partial charge in [0, 0.05) is 6.54 Å². The number of carboxylic acid groups (broad SMARTS) is 1. The van der Waals surface area contributed by atoms with E-state index in [0.29, 0.717) is 6.54 Å². The maximum atomic E-state index is 10.7. The van der Waals surface area contributed by atoms with E-state index in [9.17, 15) is 4.79 Å². The van der Waals surface area contributed by atoms with E-state index in [1.807, 2.05) is 7.05 Å². The number of rotatable bonds is 3. The molecule has 0 aliphatic rings. The molecule has 1 aromatic carbocycles. The molecule has 2 aromatic rings. The lowest BCUT2D eigenvalue weighted by molar-refractivity contribution is 0.0697. The molecule has 0 amide bonds. The lowest BCUT2D eigenvalue weighted by Gasteiger charge is -1.92. The van der Waals surface area contributed by atoms with Crippen molar-refractivity contribution in [2.75, 3.05) is 7.05 Å². The molecule has 15 heavy (non-hydrogen) atoms. The van der Waals surface area contributed by atoms with Crippen LogP contribution in [0.1, 0.15) is 15.4 Å². The standard InChI is InChI=1S/C10H10N2O2S/c1-11-5-9-12-7-4-6(10(13)14)2-3-8(7)15-9/h2-4,11H,5H2,1H3,(H,13,14). The Balaban J connectivity index is 2.47. The van der Waals surface area contributed by atoms with Crippen LogP contribution in [0.15, 0.2) is 18.2 Å². The summed E-state index contributed by atoms with van der Waals surface area (Å²) in [4.78, 5) is 15.1. The fourth-order valence-electron chi connectivity index (χ4n) is 1.34. The Labute approximate surface area is 90.6 Å². The molecule has 0 radical (unpaired) electrons. The molecule has 0 unspecified atom stereocenters. The van der Waals surface area contributed by atoms with E-state index >= 15 is 0 Å². The van der Waals surface area contributed by atoms with Gasteiger partial charge in [-0.25, -0.2) is 9.78 Å². The van der Waals surface area contributed by atoms with E-state index in [1.165, 1.54) is 0 Å². The Kier molecular flexibility index (Phi) is 2.66.